The Morgan fingerprint density at radius 2 is 1.28 bits per heavy atom. The van der Waals surface area contributed by atoms with Gasteiger partial charge in [-0.1, -0.05) is 109 Å². The van der Waals surface area contributed by atoms with Crippen molar-refractivity contribution < 1.29 is 19.2 Å². The highest BCUT2D eigenvalue weighted by Gasteiger charge is 2.44. The molecule has 2 amide bonds. The van der Waals surface area contributed by atoms with Gasteiger partial charge in [-0.05, 0) is 102 Å². The van der Waals surface area contributed by atoms with Gasteiger partial charge in [0.15, 0.2) is 11.6 Å². The number of hydrogen-bond donors (Lipinski definition) is 0. The van der Waals surface area contributed by atoms with Gasteiger partial charge < -0.3 is 9.80 Å². The molecule has 0 spiro atoms. The number of nitrogens with zero attached hydrogens (tertiary/aromatic N) is 2. The maximum Gasteiger partial charge on any atom is 0.259 e. The van der Waals surface area contributed by atoms with E-state index in [1.807, 2.05) is 113 Å². The van der Waals surface area contributed by atoms with Gasteiger partial charge in [0.25, 0.3) is 11.8 Å². The average molecular weight is 757 g/mol. The number of hydrogen-bond acceptors (Lipinski definition) is 4. The molecule has 0 saturated carbocycles. The van der Waals surface area contributed by atoms with Gasteiger partial charge in [-0.25, -0.2) is 0 Å². The lowest BCUT2D eigenvalue weighted by Gasteiger charge is -2.26. The number of rotatable bonds is 8. The van der Waals surface area contributed by atoms with E-state index in [0.717, 1.165) is 71.6 Å². The number of allylic oxidation sites excluding steroid dienone is 6. The number of fused-ring (bicyclic) bond motifs is 6. The number of amides is 2. The molecular weight excluding hydrogens is 717 g/mol. The van der Waals surface area contributed by atoms with Crippen molar-refractivity contribution in [1.82, 2.24) is 9.80 Å². The van der Waals surface area contributed by atoms with Crippen LogP contribution in [0.2, 0.25) is 0 Å². The summed E-state index contributed by atoms with van der Waals surface area (Å²) in [6, 6.07) is 31.3. The second-order valence-electron chi connectivity index (χ2n) is 15.6. The lowest BCUT2D eigenvalue weighted by Crippen LogP contribution is -2.39. The van der Waals surface area contributed by atoms with Gasteiger partial charge in [0.05, 0.1) is 17.7 Å². The first-order valence-electron chi connectivity index (χ1n) is 19.8. The van der Waals surface area contributed by atoms with Crippen LogP contribution in [0, 0.1) is 23.7 Å². The molecule has 9 rings (SSSR count). The van der Waals surface area contributed by atoms with Crippen LogP contribution in [0.15, 0.2) is 114 Å². The van der Waals surface area contributed by atoms with Crippen LogP contribution >= 0.6 is 0 Å². The Bertz CT molecular complexity index is 2960. The topological polar surface area (TPSA) is 74.8 Å². The van der Waals surface area contributed by atoms with Gasteiger partial charge >= 0.3 is 0 Å². The number of Topliss-reactive ketones (excluding diaryl/α,β-unsaturated/α-hetero) is 1. The van der Waals surface area contributed by atoms with Gasteiger partial charge in [-0.15, -0.1) is 5.92 Å². The van der Waals surface area contributed by atoms with Crippen LogP contribution in [0.25, 0.3) is 49.4 Å². The first-order chi connectivity index (χ1) is 28.1. The summed E-state index contributed by atoms with van der Waals surface area (Å²) in [4.78, 5) is 60.0. The van der Waals surface area contributed by atoms with Crippen molar-refractivity contribution in [1.29, 1.82) is 0 Å². The molecule has 6 nitrogen and oxygen atoms in total. The minimum absolute atomic E-state index is 0.157. The molecule has 0 aliphatic heterocycles. The molecule has 0 atom stereocenters. The van der Waals surface area contributed by atoms with Crippen molar-refractivity contribution in [3.05, 3.63) is 148 Å². The minimum atomic E-state index is -0.326. The molecular formula is C52H40N2O4. The minimum Gasteiger partial charge on any atom is -0.335 e. The first-order valence-corrected chi connectivity index (χ1v) is 19.8. The molecule has 4 aliphatic rings. The second kappa shape index (κ2) is 14.2. The first kappa shape index (κ1) is 36.6. The Morgan fingerprint density at radius 3 is 1.98 bits per heavy atom. The average Bonchev–Trinajstić information content (AvgIpc) is 3.92. The van der Waals surface area contributed by atoms with Gasteiger partial charge in [0, 0.05) is 52.9 Å². The quantitative estimate of drug-likeness (QED) is 0.117. The molecule has 0 heterocycles. The van der Waals surface area contributed by atoms with Crippen molar-refractivity contribution in [3.8, 4) is 23.7 Å². The zero-order chi connectivity index (χ0) is 40.4. The SMILES string of the molecule is CC#CCN(C(=O)C1=C2C(=C(c3ccccc3)C1=O)c1cccc3c(C#CCCN(C(=O)C4=C5C(=CC4=O)c4cccc6cccc5c46)C(C)C)ccc2c13)C(C)C. The molecule has 5 aromatic carbocycles. The lowest BCUT2D eigenvalue weighted by molar-refractivity contribution is -0.131. The van der Waals surface area contributed by atoms with Crippen molar-refractivity contribution in [2.75, 3.05) is 13.1 Å². The summed E-state index contributed by atoms with van der Waals surface area (Å²) in [5.41, 5.74) is 9.15. The summed E-state index contributed by atoms with van der Waals surface area (Å²) in [6.07, 6.45) is 2.01. The van der Waals surface area contributed by atoms with E-state index in [-0.39, 0.29) is 53.2 Å². The van der Waals surface area contributed by atoms with Crippen molar-refractivity contribution >= 4 is 72.8 Å². The van der Waals surface area contributed by atoms with E-state index >= 15 is 0 Å². The summed E-state index contributed by atoms with van der Waals surface area (Å²) < 4.78 is 0. The smallest absolute Gasteiger partial charge is 0.259 e. The molecule has 5 aromatic rings. The van der Waals surface area contributed by atoms with E-state index in [0.29, 0.717) is 24.1 Å². The van der Waals surface area contributed by atoms with Crippen LogP contribution in [0.4, 0.5) is 0 Å². The Kier molecular flexibility index (Phi) is 8.95. The van der Waals surface area contributed by atoms with Crippen molar-refractivity contribution in [3.63, 3.8) is 0 Å². The molecule has 0 fully saturated rings. The van der Waals surface area contributed by atoms with Gasteiger partial charge in [-0.3, -0.25) is 19.2 Å². The largest absolute Gasteiger partial charge is 0.335 e. The Balaban J connectivity index is 1.06. The third-order valence-corrected chi connectivity index (χ3v) is 11.7. The maximum absolute atomic E-state index is 14.5. The number of carbonyl (C=O) groups is 4. The Morgan fingerprint density at radius 1 is 0.621 bits per heavy atom. The van der Waals surface area contributed by atoms with E-state index in [2.05, 4.69) is 35.8 Å². The van der Waals surface area contributed by atoms with Gasteiger partial charge in [0.2, 0.25) is 0 Å². The van der Waals surface area contributed by atoms with Crippen LogP contribution < -0.4 is 0 Å². The maximum atomic E-state index is 14.5. The summed E-state index contributed by atoms with van der Waals surface area (Å²) in [7, 11) is 0. The number of benzene rings is 5. The van der Waals surface area contributed by atoms with E-state index in [1.165, 1.54) is 0 Å². The predicted octanol–water partition coefficient (Wildman–Crippen LogP) is 8.93. The monoisotopic (exact) mass is 756 g/mol. The zero-order valence-corrected chi connectivity index (χ0v) is 33.1. The molecule has 282 valence electrons. The fourth-order valence-electron chi connectivity index (χ4n) is 9.04. The van der Waals surface area contributed by atoms with E-state index in [4.69, 9.17) is 0 Å². The van der Waals surface area contributed by atoms with E-state index in [9.17, 15) is 19.2 Å². The van der Waals surface area contributed by atoms with E-state index in [1.54, 1.807) is 22.8 Å². The standard InChI is InChI=1S/C52H40N2O4/c1-6-7-27-53(30(2)3)52(58)49-47-39-26-25-32(35-21-15-24-38(44(35)39)46(47)43(50(49)56)34-17-9-8-10-18-34)16-11-12-28-54(31(4)5)51(57)48-41(55)29-40-36-22-13-19-33-20-14-23-37(42(33)36)45(40)48/h8-10,13-15,17-26,29-31H,12,27-28H2,1-5H3. The molecule has 4 aliphatic carbocycles. The fourth-order valence-corrected chi connectivity index (χ4v) is 9.04. The summed E-state index contributed by atoms with van der Waals surface area (Å²) >= 11 is 0. The normalized spacial score (nSPS) is 14.6. The number of carbonyl (C=O) groups excluding carboxylic acids is 4. The van der Waals surface area contributed by atoms with Gasteiger partial charge in [-0.2, -0.15) is 0 Å². The van der Waals surface area contributed by atoms with Crippen molar-refractivity contribution in [2.24, 2.45) is 0 Å². The van der Waals surface area contributed by atoms with Crippen molar-refractivity contribution in [2.45, 2.75) is 53.1 Å². The zero-order valence-electron chi connectivity index (χ0n) is 33.1. The highest BCUT2D eigenvalue weighted by atomic mass is 16.2. The van der Waals surface area contributed by atoms with Crippen LogP contribution in [-0.4, -0.2) is 58.4 Å². The van der Waals surface area contributed by atoms with E-state index < -0.39 is 0 Å². The highest BCUT2D eigenvalue weighted by molar-refractivity contribution is 6.56. The molecule has 0 bridgehead atoms. The molecule has 0 radical (unpaired) electrons. The highest BCUT2D eigenvalue weighted by Crippen LogP contribution is 2.55. The summed E-state index contributed by atoms with van der Waals surface area (Å²) in [5, 5.41) is 4.05. The summed E-state index contributed by atoms with van der Waals surface area (Å²) in [6.45, 7) is 10.1. The van der Waals surface area contributed by atoms with Crippen LogP contribution in [0.3, 0.4) is 0 Å². The molecule has 6 heteroatoms. The third kappa shape index (κ3) is 5.52. The number of ketones is 2. The second-order valence-corrected chi connectivity index (χ2v) is 15.6. The Hall–Kier alpha value is -7.02. The molecule has 58 heavy (non-hydrogen) atoms. The van der Waals surface area contributed by atoms with Crippen LogP contribution in [0.1, 0.15) is 74.4 Å². The molecule has 0 N–H and O–H groups in total. The molecule has 0 aromatic heterocycles. The fraction of sp³-hybridized carbons (Fsp3) is 0.192. The predicted molar refractivity (Wildman–Crippen MR) is 232 cm³/mol. The van der Waals surface area contributed by atoms with Gasteiger partial charge in [0.1, 0.15) is 0 Å². The Labute approximate surface area is 338 Å². The third-order valence-electron chi connectivity index (χ3n) is 11.7. The molecule has 0 unspecified atom stereocenters. The lowest BCUT2D eigenvalue weighted by atomic mass is 9.94. The summed E-state index contributed by atoms with van der Waals surface area (Å²) in [5.74, 6) is 11.5. The van der Waals surface area contributed by atoms with Crippen LogP contribution in [-0.2, 0) is 19.2 Å². The molecule has 0 saturated heterocycles. The van der Waals surface area contributed by atoms with Crippen LogP contribution in [0.5, 0.6) is 0 Å².